The fraction of sp³-hybridized carbons (Fsp3) is 0.300. The highest BCUT2D eigenvalue weighted by atomic mass is 32.2. The van der Waals surface area contributed by atoms with Crippen LogP contribution in [0.1, 0.15) is 11.4 Å². The highest BCUT2D eigenvalue weighted by Gasteiger charge is 2.53. The van der Waals surface area contributed by atoms with E-state index >= 15 is 0 Å². The van der Waals surface area contributed by atoms with Crippen molar-refractivity contribution < 1.29 is 28.9 Å². The lowest BCUT2D eigenvalue weighted by molar-refractivity contribution is -0.687. The maximum absolute atomic E-state index is 13.0. The van der Waals surface area contributed by atoms with Gasteiger partial charge < -0.3 is 25.8 Å². The number of hydrogen-bond donors (Lipinski definition) is 2. The van der Waals surface area contributed by atoms with Gasteiger partial charge in [-0.2, -0.15) is 4.40 Å². The first-order chi connectivity index (χ1) is 16.8. The van der Waals surface area contributed by atoms with Crippen molar-refractivity contribution in [3.05, 3.63) is 45.9 Å². The number of nitrogen functional groups attached to an aromatic ring is 1. The van der Waals surface area contributed by atoms with Crippen molar-refractivity contribution in [2.24, 2.45) is 5.16 Å². The standard InChI is InChI=1S/C20H19N7O5S3/c1-9-5-33-12-4-25(8-26(9)12)3-10-6-34-18-14(17(29)27(18)15(10)19(30)31)23-16(28)13(24-32-2)11-7-35-20(21)22-11/h4-5,7-8,14,18H,3,6H2,1-2H3,(H3-,21,22,23,28,30,31)/b24-13-/t14-,18-/m1/s1. The molecule has 0 bridgehead atoms. The number of hydrogen-bond acceptors (Lipinski definition) is 11. The van der Waals surface area contributed by atoms with Gasteiger partial charge in [-0.1, -0.05) is 16.5 Å². The average molecular weight is 534 g/mol. The van der Waals surface area contributed by atoms with Gasteiger partial charge in [0.15, 0.2) is 10.8 Å². The third kappa shape index (κ3) is 4.04. The molecule has 1 fully saturated rings. The normalized spacial score (nSPS) is 20.1. The zero-order valence-electron chi connectivity index (χ0n) is 18.5. The van der Waals surface area contributed by atoms with E-state index in [-0.39, 0.29) is 22.2 Å². The third-order valence-electron chi connectivity index (χ3n) is 5.57. The first kappa shape index (κ1) is 23.3. The van der Waals surface area contributed by atoms with E-state index in [0.717, 1.165) is 21.9 Å². The van der Waals surface area contributed by atoms with Crippen molar-refractivity contribution in [1.29, 1.82) is 0 Å². The Morgan fingerprint density at radius 1 is 1.40 bits per heavy atom. The number of imidazole rings is 1. The molecular formula is C20H19N7O5S3. The van der Waals surface area contributed by atoms with Crippen LogP contribution in [-0.4, -0.2) is 62.1 Å². The maximum atomic E-state index is 13.0. The summed E-state index contributed by atoms with van der Waals surface area (Å²) in [4.78, 5) is 48.9. The number of carbonyl (C=O) groups excluding carboxylic acids is 3. The van der Waals surface area contributed by atoms with Crippen molar-refractivity contribution in [2.75, 3.05) is 18.6 Å². The Morgan fingerprint density at radius 3 is 2.86 bits per heavy atom. The molecule has 0 saturated carbocycles. The van der Waals surface area contributed by atoms with E-state index in [1.54, 1.807) is 16.7 Å². The SMILES string of the molecule is CO/N=C(\C(=O)N[C@@H]1C(=O)N2C(C(=O)[O-])=C(C[n+]3cc4scc(C)n4c3)CS[C@H]12)c1csc(N)n1. The number of carboxylic acid groups (broad SMARTS) is 1. The molecule has 0 aliphatic carbocycles. The number of nitrogens with zero attached hydrogens (tertiary/aromatic N) is 5. The molecule has 35 heavy (non-hydrogen) atoms. The monoisotopic (exact) mass is 533 g/mol. The number of nitrogens with two attached hydrogens (primary N) is 1. The molecule has 0 radical (unpaired) electrons. The Bertz CT molecular complexity index is 1420. The molecule has 5 rings (SSSR count). The number of carboxylic acids is 1. The van der Waals surface area contributed by atoms with Crippen molar-refractivity contribution >= 4 is 67.9 Å². The average Bonchev–Trinajstić information content (AvgIpc) is 3.52. The number of β-lactam (4-membered cyclic amide) rings is 1. The number of rotatable bonds is 7. The fourth-order valence-electron chi connectivity index (χ4n) is 4.00. The predicted molar refractivity (Wildman–Crippen MR) is 127 cm³/mol. The second-order valence-corrected chi connectivity index (χ2v) is 10.7. The fourth-order valence-corrected chi connectivity index (χ4v) is 6.79. The number of nitrogens with one attached hydrogen (secondary N) is 1. The van der Waals surface area contributed by atoms with Crippen LogP contribution in [0.5, 0.6) is 0 Å². The number of thioether (sulfide) groups is 1. The summed E-state index contributed by atoms with van der Waals surface area (Å²) in [5, 5.41) is 21.6. The van der Waals surface area contributed by atoms with Gasteiger partial charge in [0.05, 0.1) is 11.7 Å². The molecule has 12 nitrogen and oxygen atoms in total. The molecule has 3 aromatic rings. The number of aryl methyl sites for hydroxylation is 1. The number of aliphatic carboxylic acids is 1. The lowest BCUT2D eigenvalue weighted by Crippen LogP contribution is -2.71. The third-order valence-corrected chi connectivity index (χ3v) is 8.59. The van der Waals surface area contributed by atoms with Crippen LogP contribution in [0.2, 0.25) is 0 Å². The minimum Gasteiger partial charge on any atom is -0.543 e. The minimum atomic E-state index is -1.43. The van der Waals surface area contributed by atoms with Gasteiger partial charge in [0.2, 0.25) is 11.2 Å². The van der Waals surface area contributed by atoms with Crippen LogP contribution in [0.3, 0.4) is 0 Å². The van der Waals surface area contributed by atoms with Crippen LogP contribution in [0, 0.1) is 6.92 Å². The molecule has 2 aliphatic heterocycles. The van der Waals surface area contributed by atoms with Gasteiger partial charge in [-0.3, -0.25) is 14.5 Å². The van der Waals surface area contributed by atoms with Crippen LogP contribution in [0.15, 0.2) is 39.7 Å². The Labute approximate surface area is 210 Å². The molecule has 15 heteroatoms. The number of amides is 2. The summed E-state index contributed by atoms with van der Waals surface area (Å²) >= 11 is 4.09. The summed E-state index contributed by atoms with van der Waals surface area (Å²) < 4.78 is 3.90. The summed E-state index contributed by atoms with van der Waals surface area (Å²) in [5.74, 6) is -2.29. The zero-order chi connectivity index (χ0) is 24.9. The summed E-state index contributed by atoms with van der Waals surface area (Å²) in [5.41, 5.74) is 7.20. The molecule has 0 spiro atoms. The molecule has 5 heterocycles. The molecule has 2 amide bonds. The molecule has 2 aliphatic rings. The quantitative estimate of drug-likeness (QED) is 0.171. The molecule has 3 aromatic heterocycles. The molecule has 1 saturated heterocycles. The molecule has 3 N–H and O–H groups in total. The number of oxime groups is 1. The van der Waals surface area contributed by atoms with Gasteiger partial charge in [0, 0.05) is 22.1 Å². The van der Waals surface area contributed by atoms with Crippen LogP contribution >= 0.6 is 34.4 Å². The molecule has 182 valence electrons. The lowest BCUT2D eigenvalue weighted by atomic mass is 10.0. The van der Waals surface area contributed by atoms with Gasteiger partial charge in [-0.25, -0.2) is 9.55 Å². The van der Waals surface area contributed by atoms with Gasteiger partial charge in [-0.05, 0) is 6.92 Å². The first-order valence-corrected chi connectivity index (χ1v) is 13.1. The van der Waals surface area contributed by atoms with Crippen molar-refractivity contribution in [2.45, 2.75) is 24.9 Å². The smallest absolute Gasteiger partial charge is 0.276 e. The van der Waals surface area contributed by atoms with E-state index in [4.69, 9.17) is 10.6 Å². The molecule has 0 unspecified atom stereocenters. The van der Waals surface area contributed by atoms with E-state index < -0.39 is 29.2 Å². The minimum absolute atomic E-state index is 0.135. The maximum Gasteiger partial charge on any atom is 0.276 e. The Kier molecular flexibility index (Phi) is 5.98. The van der Waals surface area contributed by atoms with Gasteiger partial charge in [0.1, 0.15) is 42.7 Å². The van der Waals surface area contributed by atoms with Crippen LogP contribution in [-0.2, 0) is 25.8 Å². The van der Waals surface area contributed by atoms with Crippen molar-refractivity contribution in [3.8, 4) is 0 Å². The predicted octanol–water partition coefficient (Wildman–Crippen LogP) is -0.910. The molecular weight excluding hydrogens is 514 g/mol. The lowest BCUT2D eigenvalue weighted by Gasteiger charge is -2.50. The number of anilines is 1. The van der Waals surface area contributed by atoms with E-state index in [0.29, 0.717) is 17.9 Å². The topological polar surface area (TPSA) is 158 Å². The van der Waals surface area contributed by atoms with Gasteiger partial charge in [-0.15, -0.1) is 23.1 Å². The summed E-state index contributed by atoms with van der Waals surface area (Å²) in [7, 11) is 1.28. The molecule has 0 aromatic carbocycles. The second kappa shape index (κ2) is 8.98. The summed E-state index contributed by atoms with van der Waals surface area (Å²) in [6.45, 7) is 2.29. The van der Waals surface area contributed by atoms with Crippen LogP contribution in [0.25, 0.3) is 4.83 Å². The Morgan fingerprint density at radius 2 is 2.20 bits per heavy atom. The van der Waals surface area contributed by atoms with E-state index in [1.807, 2.05) is 33.8 Å². The highest BCUT2D eigenvalue weighted by Crippen LogP contribution is 2.40. The summed E-state index contributed by atoms with van der Waals surface area (Å²) in [6.07, 6.45) is 3.82. The molecule has 2 atom stereocenters. The second-order valence-electron chi connectivity index (χ2n) is 7.80. The van der Waals surface area contributed by atoms with Crippen LogP contribution in [0.4, 0.5) is 5.13 Å². The Hall–Kier alpha value is -3.43. The van der Waals surface area contributed by atoms with Gasteiger partial charge >= 0.3 is 0 Å². The van der Waals surface area contributed by atoms with Gasteiger partial charge in [0.25, 0.3) is 11.8 Å². The van der Waals surface area contributed by atoms with E-state index in [9.17, 15) is 19.5 Å². The summed E-state index contributed by atoms with van der Waals surface area (Å²) in [6, 6.07) is -0.934. The van der Waals surface area contributed by atoms with E-state index in [1.165, 1.54) is 23.8 Å². The van der Waals surface area contributed by atoms with E-state index in [2.05, 4.69) is 15.5 Å². The Balaban J connectivity index is 1.36. The highest BCUT2D eigenvalue weighted by molar-refractivity contribution is 8.00. The number of thiazole rings is 2. The van der Waals surface area contributed by atoms with Crippen molar-refractivity contribution in [1.82, 2.24) is 19.6 Å². The number of fused-ring (bicyclic) bond motifs is 2. The number of carbonyl (C=O) groups is 3. The number of aromatic nitrogens is 3. The first-order valence-electron chi connectivity index (χ1n) is 10.2. The van der Waals surface area contributed by atoms with Crippen molar-refractivity contribution in [3.63, 3.8) is 0 Å². The largest absolute Gasteiger partial charge is 0.543 e. The van der Waals surface area contributed by atoms with Crippen LogP contribution < -0.4 is 20.7 Å². The zero-order valence-corrected chi connectivity index (χ0v) is 20.9.